The zero-order valence-electron chi connectivity index (χ0n) is 18.6. The van der Waals surface area contributed by atoms with Crippen LogP contribution in [0.3, 0.4) is 0 Å². The number of carbonyl (C=O) groups excluding carboxylic acids is 2. The van der Waals surface area contributed by atoms with Gasteiger partial charge in [-0.05, 0) is 37.1 Å². The van der Waals surface area contributed by atoms with E-state index < -0.39 is 39.4 Å². The molecule has 2 fully saturated rings. The van der Waals surface area contributed by atoms with Gasteiger partial charge < -0.3 is 5.32 Å². The highest BCUT2D eigenvalue weighted by atomic mass is 35.5. The van der Waals surface area contributed by atoms with Gasteiger partial charge >= 0.3 is 0 Å². The molecule has 1 saturated carbocycles. The van der Waals surface area contributed by atoms with Crippen molar-refractivity contribution in [3.8, 4) is 0 Å². The Balaban J connectivity index is 1.77. The Morgan fingerprint density at radius 1 is 1.09 bits per heavy atom. The molecule has 182 valence electrons. The lowest BCUT2D eigenvalue weighted by molar-refractivity contribution is -0.126. The van der Waals surface area contributed by atoms with E-state index in [0.717, 1.165) is 43.1 Å². The minimum absolute atomic E-state index is 0.0583. The third-order valence-electron chi connectivity index (χ3n) is 6.12. The standard InChI is InChI=1S/C24H27ClFN3O4S/c25-21-12-5-4-11-20(21)23(24(31)27-18-8-2-1-3-9-18)29(19-10-6-7-17(26)15-19)22(30)16-34(32,33)28-13-14-28/h4-7,10-12,15,18,23H,1-3,8-9,13-14,16H2,(H,27,31). The number of benzene rings is 2. The maximum atomic E-state index is 14.2. The van der Waals surface area contributed by atoms with Crippen molar-refractivity contribution in [2.75, 3.05) is 23.7 Å². The van der Waals surface area contributed by atoms with Crippen molar-refractivity contribution in [2.45, 2.75) is 44.2 Å². The maximum absolute atomic E-state index is 14.2. The summed E-state index contributed by atoms with van der Waals surface area (Å²) in [5, 5.41) is 3.26. The van der Waals surface area contributed by atoms with E-state index in [9.17, 15) is 22.4 Å². The largest absolute Gasteiger partial charge is 0.351 e. The molecule has 4 rings (SSSR count). The van der Waals surface area contributed by atoms with Gasteiger partial charge in [-0.3, -0.25) is 14.5 Å². The molecule has 1 saturated heterocycles. The Bertz CT molecular complexity index is 1170. The van der Waals surface area contributed by atoms with Crippen molar-refractivity contribution >= 4 is 39.1 Å². The molecule has 1 aliphatic heterocycles. The van der Waals surface area contributed by atoms with E-state index in [-0.39, 0.29) is 16.8 Å². The first-order valence-electron chi connectivity index (χ1n) is 11.4. The SMILES string of the molecule is O=C(NC1CCCCC1)C(c1ccccc1Cl)N(C(=O)CS(=O)(=O)N1CC1)c1cccc(F)c1. The van der Waals surface area contributed by atoms with E-state index in [4.69, 9.17) is 11.6 Å². The second kappa shape index (κ2) is 10.4. The molecule has 2 aromatic carbocycles. The summed E-state index contributed by atoms with van der Waals surface area (Å²) in [6.07, 6.45) is 4.71. The Kier molecular flexibility index (Phi) is 7.54. The van der Waals surface area contributed by atoms with Crippen LogP contribution in [0.4, 0.5) is 10.1 Å². The van der Waals surface area contributed by atoms with Crippen molar-refractivity contribution in [2.24, 2.45) is 0 Å². The van der Waals surface area contributed by atoms with E-state index in [1.54, 1.807) is 24.3 Å². The van der Waals surface area contributed by atoms with Gasteiger partial charge in [-0.25, -0.2) is 12.8 Å². The van der Waals surface area contributed by atoms with Crippen molar-refractivity contribution in [1.82, 2.24) is 9.62 Å². The molecule has 0 aromatic heterocycles. The molecule has 2 amide bonds. The van der Waals surface area contributed by atoms with Crippen LogP contribution >= 0.6 is 11.6 Å². The van der Waals surface area contributed by atoms with Crippen LogP contribution in [0.15, 0.2) is 48.5 Å². The zero-order chi connectivity index (χ0) is 24.3. The fraction of sp³-hybridized carbons (Fsp3) is 0.417. The van der Waals surface area contributed by atoms with Crippen LogP contribution in [0.1, 0.15) is 43.7 Å². The number of hydrogen-bond acceptors (Lipinski definition) is 4. The molecule has 0 radical (unpaired) electrons. The van der Waals surface area contributed by atoms with Gasteiger partial charge in [0, 0.05) is 35.4 Å². The average molecular weight is 508 g/mol. The van der Waals surface area contributed by atoms with Gasteiger partial charge in [0.25, 0.3) is 0 Å². The molecule has 10 heteroatoms. The molecule has 2 aromatic rings. The third-order valence-corrected chi connectivity index (χ3v) is 8.23. The number of nitrogens with one attached hydrogen (secondary N) is 1. The second-order valence-electron chi connectivity index (χ2n) is 8.67. The molecule has 1 N–H and O–H groups in total. The van der Waals surface area contributed by atoms with Crippen LogP contribution in [0.5, 0.6) is 0 Å². The van der Waals surface area contributed by atoms with Gasteiger partial charge in [0.2, 0.25) is 21.8 Å². The summed E-state index contributed by atoms with van der Waals surface area (Å²) in [5.74, 6) is -2.76. The van der Waals surface area contributed by atoms with Gasteiger partial charge in [0.05, 0.1) is 0 Å². The molecule has 1 atom stereocenters. The van der Waals surface area contributed by atoms with E-state index in [2.05, 4.69) is 5.32 Å². The summed E-state index contributed by atoms with van der Waals surface area (Å²) in [4.78, 5) is 28.2. The second-order valence-corrected chi connectivity index (χ2v) is 11.0. The Morgan fingerprint density at radius 2 is 1.79 bits per heavy atom. The van der Waals surface area contributed by atoms with E-state index >= 15 is 0 Å². The highest BCUT2D eigenvalue weighted by Crippen LogP contribution is 2.33. The Labute approximate surface area is 203 Å². The van der Waals surface area contributed by atoms with Crippen LogP contribution < -0.4 is 10.2 Å². The van der Waals surface area contributed by atoms with Crippen LogP contribution in [-0.4, -0.2) is 49.4 Å². The van der Waals surface area contributed by atoms with Crippen LogP contribution in [0.2, 0.25) is 5.02 Å². The van der Waals surface area contributed by atoms with Gasteiger partial charge in [0.1, 0.15) is 17.6 Å². The van der Waals surface area contributed by atoms with Gasteiger partial charge in [-0.1, -0.05) is 55.1 Å². The van der Waals surface area contributed by atoms with Crippen LogP contribution in [-0.2, 0) is 19.6 Å². The predicted octanol–water partition coefficient (Wildman–Crippen LogP) is 3.65. The fourth-order valence-electron chi connectivity index (χ4n) is 4.32. The Hall–Kier alpha value is -2.49. The minimum atomic E-state index is -3.84. The molecular formula is C24H27ClFN3O4S. The van der Waals surface area contributed by atoms with Crippen molar-refractivity contribution < 1.29 is 22.4 Å². The van der Waals surface area contributed by atoms with Crippen LogP contribution in [0.25, 0.3) is 0 Å². The third kappa shape index (κ3) is 5.76. The summed E-state index contributed by atoms with van der Waals surface area (Å²) in [6.45, 7) is 0.706. The van der Waals surface area contributed by atoms with E-state index in [1.807, 2.05) is 0 Å². The first-order valence-corrected chi connectivity index (χ1v) is 13.4. The van der Waals surface area contributed by atoms with E-state index in [0.29, 0.717) is 18.7 Å². The molecular weight excluding hydrogens is 481 g/mol. The summed E-state index contributed by atoms with van der Waals surface area (Å²) in [5.41, 5.74) is 0.411. The molecule has 1 heterocycles. The van der Waals surface area contributed by atoms with Crippen molar-refractivity contribution in [3.05, 3.63) is 64.9 Å². The molecule has 1 aliphatic carbocycles. The van der Waals surface area contributed by atoms with Gasteiger partial charge in [-0.2, -0.15) is 4.31 Å². The lowest BCUT2D eigenvalue weighted by Crippen LogP contribution is -2.49. The van der Waals surface area contributed by atoms with Gasteiger partial charge in [-0.15, -0.1) is 0 Å². The molecule has 2 aliphatic rings. The number of rotatable bonds is 8. The summed E-state index contributed by atoms with van der Waals surface area (Å²) < 4.78 is 40.6. The summed E-state index contributed by atoms with van der Waals surface area (Å²) in [7, 11) is -3.84. The first kappa shape index (κ1) is 24.6. The number of sulfonamides is 1. The Morgan fingerprint density at radius 3 is 2.44 bits per heavy atom. The first-order chi connectivity index (χ1) is 16.3. The molecule has 1 unspecified atom stereocenters. The molecule has 0 bridgehead atoms. The van der Waals surface area contributed by atoms with Gasteiger partial charge in [0.15, 0.2) is 0 Å². The highest BCUT2D eigenvalue weighted by molar-refractivity contribution is 7.90. The number of hydrogen-bond donors (Lipinski definition) is 1. The number of halogens is 2. The quantitative estimate of drug-likeness (QED) is 0.553. The molecule has 34 heavy (non-hydrogen) atoms. The number of carbonyl (C=O) groups is 2. The highest BCUT2D eigenvalue weighted by Gasteiger charge is 2.40. The van der Waals surface area contributed by atoms with Crippen molar-refractivity contribution in [1.29, 1.82) is 0 Å². The lowest BCUT2D eigenvalue weighted by atomic mass is 9.94. The monoisotopic (exact) mass is 507 g/mol. The smallest absolute Gasteiger partial charge is 0.248 e. The lowest BCUT2D eigenvalue weighted by Gasteiger charge is -2.34. The minimum Gasteiger partial charge on any atom is -0.351 e. The maximum Gasteiger partial charge on any atom is 0.248 e. The van der Waals surface area contributed by atoms with E-state index in [1.165, 1.54) is 22.5 Å². The summed E-state index contributed by atoms with van der Waals surface area (Å²) >= 11 is 6.45. The topological polar surface area (TPSA) is 86.6 Å². The summed E-state index contributed by atoms with van der Waals surface area (Å²) in [6, 6.07) is 10.5. The number of amides is 2. The average Bonchev–Trinajstić information content (AvgIpc) is 3.64. The zero-order valence-corrected chi connectivity index (χ0v) is 20.2. The van der Waals surface area contributed by atoms with Crippen LogP contribution in [0, 0.1) is 5.82 Å². The normalized spacial score (nSPS) is 17.7. The van der Waals surface area contributed by atoms with Crippen molar-refractivity contribution in [3.63, 3.8) is 0 Å². The number of nitrogens with zero attached hydrogens (tertiary/aromatic N) is 2. The fourth-order valence-corrected chi connectivity index (χ4v) is 5.83. The predicted molar refractivity (Wildman–Crippen MR) is 128 cm³/mol. The number of anilines is 1. The molecule has 7 nitrogen and oxygen atoms in total. The molecule has 0 spiro atoms.